The molecule has 0 aromatic rings. The molecule has 0 aromatic carbocycles. The van der Waals surface area contributed by atoms with E-state index in [1.807, 2.05) is 0 Å². The second-order valence-corrected chi connectivity index (χ2v) is 3.08. The standard InChI is InChI=1S/C9H16O5/c1-3-4-13-8-7(11)6(10)5-14-9(8)12-2/h3,6-11H,1,4-5H2,2H3/t6-,7+,8-,9+/m1/s1. The van der Waals surface area contributed by atoms with E-state index < -0.39 is 24.6 Å². The van der Waals surface area contributed by atoms with Gasteiger partial charge in [0.1, 0.15) is 18.3 Å². The van der Waals surface area contributed by atoms with Crippen LogP contribution in [0.25, 0.3) is 0 Å². The van der Waals surface area contributed by atoms with Gasteiger partial charge in [-0.15, -0.1) is 6.58 Å². The Morgan fingerprint density at radius 1 is 1.57 bits per heavy atom. The summed E-state index contributed by atoms with van der Waals surface area (Å²) in [7, 11) is 1.46. The lowest BCUT2D eigenvalue weighted by atomic mass is 10.1. The van der Waals surface area contributed by atoms with E-state index in [0.717, 1.165) is 0 Å². The lowest BCUT2D eigenvalue weighted by Gasteiger charge is -2.36. The molecular weight excluding hydrogens is 188 g/mol. The first-order valence-electron chi connectivity index (χ1n) is 4.43. The van der Waals surface area contributed by atoms with E-state index in [0.29, 0.717) is 0 Å². The van der Waals surface area contributed by atoms with Crippen LogP contribution in [0.15, 0.2) is 12.7 Å². The molecule has 1 saturated heterocycles. The Kier molecular flexibility index (Phi) is 4.50. The highest BCUT2D eigenvalue weighted by Gasteiger charge is 2.39. The summed E-state index contributed by atoms with van der Waals surface area (Å²) in [6, 6.07) is 0. The third-order valence-electron chi connectivity index (χ3n) is 2.07. The Morgan fingerprint density at radius 2 is 2.29 bits per heavy atom. The summed E-state index contributed by atoms with van der Waals surface area (Å²) in [6.45, 7) is 3.81. The molecule has 0 saturated carbocycles. The van der Waals surface area contributed by atoms with Crippen molar-refractivity contribution in [2.75, 3.05) is 20.3 Å². The van der Waals surface area contributed by atoms with Gasteiger partial charge in [-0.1, -0.05) is 6.08 Å². The van der Waals surface area contributed by atoms with Crippen LogP contribution >= 0.6 is 0 Å². The average molecular weight is 204 g/mol. The van der Waals surface area contributed by atoms with Gasteiger partial charge in [0.15, 0.2) is 6.29 Å². The predicted molar refractivity (Wildman–Crippen MR) is 48.7 cm³/mol. The molecular formula is C9H16O5. The molecule has 0 unspecified atom stereocenters. The summed E-state index contributed by atoms with van der Waals surface area (Å²) in [5, 5.41) is 18.9. The maximum Gasteiger partial charge on any atom is 0.186 e. The summed E-state index contributed by atoms with van der Waals surface area (Å²) < 4.78 is 15.3. The van der Waals surface area contributed by atoms with Gasteiger partial charge < -0.3 is 24.4 Å². The van der Waals surface area contributed by atoms with E-state index in [2.05, 4.69) is 6.58 Å². The van der Waals surface area contributed by atoms with Crippen LogP contribution < -0.4 is 0 Å². The highest BCUT2D eigenvalue weighted by Crippen LogP contribution is 2.19. The largest absolute Gasteiger partial charge is 0.388 e. The van der Waals surface area contributed by atoms with Gasteiger partial charge in [0, 0.05) is 7.11 Å². The fourth-order valence-electron chi connectivity index (χ4n) is 1.33. The minimum Gasteiger partial charge on any atom is -0.388 e. The molecule has 0 amide bonds. The molecule has 5 heteroatoms. The summed E-state index contributed by atoms with van der Waals surface area (Å²) in [6.07, 6.45) is -1.69. The molecule has 1 rings (SSSR count). The second-order valence-electron chi connectivity index (χ2n) is 3.08. The normalized spacial score (nSPS) is 38.2. The first-order chi connectivity index (χ1) is 6.70. The SMILES string of the molecule is C=CCO[C@H]1[C@@H](OC)OC[C@@H](O)[C@@H]1O. The van der Waals surface area contributed by atoms with E-state index in [9.17, 15) is 10.2 Å². The Labute approximate surface area is 82.9 Å². The first kappa shape index (κ1) is 11.6. The maximum absolute atomic E-state index is 9.60. The highest BCUT2D eigenvalue weighted by atomic mass is 16.7. The van der Waals surface area contributed by atoms with Crippen molar-refractivity contribution in [2.45, 2.75) is 24.6 Å². The molecule has 1 aliphatic heterocycles. The number of hydrogen-bond acceptors (Lipinski definition) is 5. The van der Waals surface area contributed by atoms with E-state index in [1.54, 1.807) is 6.08 Å². The van der Waals surface area contributed by atoms with Crippen molar-refractivity contribution < 1.29 is 24.4 Å². The molecule has 1 heterocycles. The molecule has 4 atom stereocenters. The second kappa shape index (κ2) is 5.43. The first-order valence-corrected chi connectivity index (χ1v) is 4.43. The molecule has 2 N–H and O–H groups in total. The number of methoxy groups -OCH3 is 1. The molecule has 0 spiro atoms. The fourth-order valence-corrected chi connectivity index (χ4v) is 1.33. The van der Waals surface area contributed by atoms with E-state index in [4.69, 9.17) is 14.2 Å². The van der Waals surface area contributed by atoms with Gasteiger partial charge in [0.05, 0.1) is 13.2 Å². The molecule has 14 heavy (non-hydrogen) atoms. The Bertz CT molecular complexity index is 182. The predicted octanol–water partition coefficient (Wildman–Crippen LogP) is -0.718. The molecule has 0 aliphatic carbocycles. The highest BCUT2D eigenvalue weighted by molar-refractivity contribution is 4.84. The lowest BCUT2D eigenvalue weighted by Crippen LogP contribution is -2.54. The minimum absolute atomic E-state index is 0.0492. The third kappa shape index (κ3) is 2.52. The zero-order valence-electron chi connectivity index (χ0n) is 8.13. The fraction of sp³-hybridized carbons (Fsp3) is 0.778. The Hall–Kier alpha value is -0.460. The van der Waals surface area contributed by atoms with Crippen molar-refractivity contribution in [2.24, 2.45) is 0 Å². The van der Waals surface area contributed by atoms with Crippen LogP contribution in [0.5, 0.6) is 0 Å². The van der Waals surface area contributed by atoms with Gasteiger partial charge in [-0.25, -0.2) is 0 Å². The number of ether oxygens (including phenoxy) is 3. The quantitative estimate of drug-likeness (QED) is 0.592. The molecule has 82 valence electrons. The van der Waals surface area contributed by atoms with Gasteiger partial charge in [-0.05, 0) is 0 Å². The van der Waals surface area contributed by atoms with Crippen LogP contribution in [0.4, 0.5) is 0 Å². The van der Waals surface area contributed by atoms with Crippen LogP contribution in [0.2, 0.25) is 0 Å². The van der Waals surface area contributed by atoms with Crippen LogP contribution in [-0.4, -0.2) is 55.1 Å². The summed E-state index contributed by atoms with van der Waals surface area (Å²) in [5.41, 5.74) is 0. The number of hydrogen-bond donors (Lipinski definition) is 2. The van der Waals surface area contributed by atoms with Gasteiger partial charge >= 0.3 is 0 Å². The molecule has 0 aromatic heterocycles. The van der Waals surface area contributed by atoms with Crippen LogP contribution in [-0.2, 0) is 14.2 Å². The van der Waals surface area contributed by atoms with Crippen molar-refractivity contribution in [1.29, 1.82) is 0 Å². The van der Waals surface area contributed by atoms with Crippen LogP contribution in [0, 0.1) is 0 Å². The minimum atomic E-state index is -0.992. The smallest absolute Gasteiger partial charge is 0.186 e. The van der Waals surface area contributed by atoms with Crippen LogP contribution in [0.1, 0.15) is 0 Å². The van der Waals surface area contributed by atoms with Crippen molar-refractivity contribution in [3.05, 3.63) is 12.7 Å². The molecule has 5 nitrogen and oxygen atoms in total. The molecule has 0 bridgehead atoms. The van der Waals surface area contributed by atoms with Crippen molar-refractivity contribution in [3.8, 4) is 0 Å². The summed E-state index contributed by atoms with van der Waals surface area (Å²) >= 11 is 0. The zero-order valence-corrected chi connectivity index (χ0v) is 8.13. The number of aliphatic hydroxyl groups is 2. The molecule has 1 fully saturated rings. The summed E-state index contributed by atoms with van der Waals surface area (Å²) in [4.78, 5) is 0. The Balaban J connectivity index is 2.56. The molecule has 0 radical (unpaired) electrons. The van der Waals surface area contributed by atoms with Crippen molar-refractivity contribution >= 4 is 0 Å². The van der Waals surface area contributed by atoms with E-state index in [-0.39, 0.29) is 13.2 Å². The number of aliphatic hydroxyl groups excluding tert-OH is 2. The zero-order chi connectivity index (χ0) is 10.6. The van der Waals surface area contributed by atoms with Gasteiger partial charge in [0.25, 0.3) is 0 Å². The maximum atomic E-state index is 9.60. The third-order valence-corrected chi connectivity index (χ3v) is 2.07. The van der Waals surface area contributed by atoms with E-state index in [1.165, 1.54) is 7.11 Å². The van der Waals surface area contributed by atoms with E-state index >= 15 is 0 Å². The van der Waals surface area contributed by atoms with Gasteiger partial charge in [0.2, 0.25) is 0 Å². The van der Waals surface area contributed by atoms with Gasteiger partial charge in [-0.3, -0.25) is 0 Å². The van der Waals surface area contributed by atoms with Crippen LogP contribution in [0.3, 0.4) is 0 Å². The molecule has 1 aliphatic rings. The van der Waals surface area contributed by atoms with Crippen molar-refractivity contribution in [3.63, 3.8) is 0 Å². The summed E-state index contributed by atoms with van der Waals surface area (Å²) in [5.74, 6) is 0. The van der Waals surface area contributed by atoms with Gasteiger partial charge in [-0.2, -0.15) is 0 Å². The topological polar surface area (TPSA) is 68.2 Å². The Morgan fingerprint density at radius 3 is 2.86 bits per heavy atom. The number of rotatable bonds is 4. The van der Waals surface area contributed by atoms with Crippen molar-refractivity contribution in [1.82, 2.24) is 0 Å². The lowest BCUT2D eigenvalue weighted by molar-refractivity contribution is -0.271. The average Bonchev–Trinajstić information content (AvgIpc) is 2.20. The monoisotopic (exact) mass is 204 g/mol.